The second kappa shape index (κ2) is 9.86. The highest BCUT2D eigenvalue weighted by Gasteiger charge is 2.43. The molecule has 2 fully saturated rings. The van der Waals surface area contributed by atoms with Crippen LogP contribution >= 0.6 is 0 Å². The Labute approximate surface area is 186 Å². The molecular weight excluding hydrogens is 414 g/mol. The molecule has 1 aromatic heterocycles. The third-order valence-electron chi connectivity index (χ3n) is 5.71. The molecule has 0 radical (unpaired) electrons. The van der Waals surface area contributed by atoms with Crippen molar-refractivity contribution in [3.63, 3.8) is 0 Å². The zero-order valence-corrected chi connectivity index (χ0v) is 18.2. The Morgan fingerprint density at radius 2 is 1.91 bits per heavy atom. The first-order valence-corrected chi connectivity index (χ1v) is 10.6. The summed E-state index contributed by atoms with van der Waals surface area (Å²) < 4.78 is 22.1. The number of benzene rings is 1. The summed E-state index contributed by atoms with van der Waals surface area (Å²) in [5.41, 5.74) is 0.370. The van der Waals surface area contributed by atoms with Crippen LogP contribution in [0.25, 0.3) is 0 Å². The second-order valence-electron chi connectivity index (χ2n) is 7.64. The maximum Gasteiger partial charge on any atom is 0.258 e. The molecule has 0 spiro atoms. The Kier molecular flexibility index (Phi) is 6.75. The van der Waals surface area contributed by atoms with E-state index >= 15 is 0 Å². The molecule has 32 heavy (non-hydrogen) atoms. The molecule has 3 heterocycles. The first kappa shape index (κ1) is 21.9. The van der Waals surface area contributed by atoms with Crippen LogP contribution in [0, 0.1) is 0 Å². The highest BCUT2D eigenvalue weighted by molar-refractivity contribution is 6.00. The molecular formula is C23H27N3O6. The van der Waals surface area contributed by atoms with Crippen molar-refractivity contribution in [2.75, 3.05) is 47.1 Å². The predicted molar refractivity (Wildman–Crippen MR) is 115 cm³/mol. The first-order valence-electron chi connectivity index (χ1n) is 10.6. The summed E-state index contributed by atoms with van der Waals surface area (Å²) in [6, 6.07) is 7.98. The number of nitrogens with zero attached hydrogens (tertiary/aromatic N) is 3. The van der Waals surface area contributed by atoms with Crippen LogP contribution in [0.3, 0.4) is 0 Å². The summed E-state index contributed by atoms with van der Waals surface area (Å²) in [5.74, 6) is 1.20. The standard InChI is InChI=1S/C23H27N3O6/c1-29-16-5-6-19(21(13-16)30-2)22(27)26-15-18(32-17-4-3-7-24-14-17)12-20(26)23(28)25-8-10-31-11-9-25/h3-7,13-14,18,20H,8-12,15H2,1-2H3/t18-,20-/m0/s1. The zero-order valence-electron chi connectivity index (χ0n) is 18.2. The normalized spacial score (nSPS) is 20.7. The van der Waals surface area contributed by atoms with Gasteiger partial charge in [0.2, 0.25) is 5.91 Å². The molecule has 170 valence electrons. The molecule has 1 aromatic carbocycles. The Bertz CT molecular complexity index is 948. The number of likely N-dealkylation sites (tertiary alicyclic amines) is 1. The summed E-state index contributed by atoms with van der Waals surface area (Å²) in [5, 5.41) is 0. The van der Waals surface area contributed by atoms with E-state index in [1.54, 1.807) is 53.6 Å². The van der Waals surface area contributed by atoms with Crippen LogP contribution in [0.5, 0.6) is 17.2 Å². The van der Waals surface area contributed by atoms with E-state index in [2.05, 4.69) is 4.98 Å². The monoisotopic (exact) mass is 441 g/mol. The second-order valence-corrected chi connectivity index (χ2v) is 7.64. The Morgan fingerprint density at radius 3 is 2.59 bits per heavy atom. The van der Waals surface area contributed by atoms with Crippen molar-refractivity contribution in [3.05, 3.63) is 48.3 Å². The van der Waals surface area contributed by atoms with Gasteiger partial charge in [0.05, 0.1) is 45.7 Å². The maximum atomic E-state index is 13.6. The lowest BCUT2D eigenvalue weighted by atomic mass is 10.1. The van der Waals surface area contributed by atoms with Crippen molar-refractivity contribution in [2.24, 2.45) is 0 Å². The third-order valence-corrected chi connectivity index (χ3v) is 5.71. The molecule has 0 saturated carbocycles. The number of carbonyl (C=O) groups excluding carboxylic acids is 2. The molecule has 9 heteroatoms. The third kappa shape index (κ3) is 4.62. The lowest BCUT2D eigenvalue weighted by molar-refractivity contribution is -0.139. The molecule has 2 atom stereocenters. The van der Waals surface area contributed by atoms with Crippen LogP contribution in [-0.2, 0) is 9.53 Å². The fraction of sp³-hybridized carbons (Fsp3) is 0.435. The number of morpholine rings is 1. The number of methoxy groups -OCH3 is 2. The molecule has 2 saturated heterocycles. The molecule has 0 aliphatic carbocycles. The van der Waals surface area contributed by atoms with Crippen LogP contribution in [0.15, 0.2) is 42.7 Å². The topological polar surface area (TPSA) is 90.4 Å². The van der Waals surface area contributed by atoms with E-state index < -0.39 is 6.04 Å². The van der Waals surface area contributed by atoms with Crippen molar-refractivity contribution in [1.29, 1.82) is 0 Å². The first-order chi connectivity index (χ1) is 15.6. The highest BCUT2D eigenvalue weighted by atomic mass is 16.5. The van der Waals surface area contributed by atoms with Crippen molar-refractivity contribution >= 4 is 11.8 Å². The molecule has 9 nitrogen and oxygen atoms in total. The predicted octanol–water partition coefficient (Wildman–Crippen LogP) is 1.62. The van der Waals surface area contributed by atoms with Crippen LogP contribution in [0.2, 0.25) is 0 Å². The van der Waals surface area contributed by atoms with Gasteiger partial charge in [-0.3, -0.25) is 14.6 Å². The largest absolute Gasteiger partial charge is 0.497 e. The van der Waals surface area contributed by atoms with Crippen LogP contribution in [0.4, 0.5) is 0 Å². The zero-order chi connectivity index (χ0) is 22.5. The summed E-state index contributed by atoms with van der Waals surface area (Å²) in [6.45, 7) is 2.29. The molecule has 0 unspecified atom stereocenters. The number of aromatic nitrogens is 1. The SMILES string of the molecule is COc1ccc(C(=O)N2C[C@@H](Oc3cccnc3)C[C@H]2C(=O)N2CCOCC2)c(OC)c1. The average Bonchev–Trinajstić information content (AvgIpc) is 3.27. The van der Waals surface area contributed by atoms with E-state index in [1.807, 2.05) is 6.07 Å². The molecule has 0 bridgehead atoms. The fourth-order valence-corrected chi connectivity index (χ4v) is 4.08. The quantitative estimate of drug-likeness (QED) is 0.673. The van der Waals surface area contributed by atoms with E-state index in [4.69, 9.17) is 18.9 Å². The van der Waals surface area contributed by atoms with E-state index in [0.29, 0.717) is 55.5 Å². The minimum Gasteiger partial charge on any atom is -0.497 e. The smallest absolute Gasteiger partial charge is 0.258 e. The lowest BCUT2D eigenvalue weighted by Crippen LogP contribution is -2.51. The van der Waals surface area contributed by atoms with Gasteiger partial charge < -0.3 is 28.7 Å². The van der Waals surface area contributed by atoms with E-state index in [9.17, 15) is 9.59 Å². The van der Waals surface area contributed by atoms with Gasteiger partial charge in [0.25, 0.3) is 5.91 Å². The van der Waals surface area contributed by atoms with Crippen molar-refractivity contribution < 1.29 is 28.5 Å². The number of pyridine rings is 1. The Balaban J connectivity index is 1.60. The molecule has 2 amide bonds. The highest BCUT2D eigenvalue weighted by Crippen LogP contribution is 2.30. The van der Waals surface area contributed by atoms with Gasteiger partial charge >= 0.3 is 0 Å². The minimum absolute atomic E-state index is 0.0913. The van der Waals surface area contributed by atoms with Gasteiger partial charge in [-0.25, -0.2) is 0 Å². The number of ether oxygens (including phenoxy) is 4. The van der Waals surface area contributed by atoms with Gasteiger partial charge in [-0.15, -0.1) is 0 Å². The van der Waals surface area contributed by atoms with Crippen molar-refractivity contribution in [3.8, 4) is 17.2 Å². The average molecular weight is 441 g/mol. The van der Waals surface area contributed by atoms with Gasteiger partial charge in [-0.1, -0.05) is 0 Å². The number of rotatable bonds is 6. The molecule has 4 rings (SSSR count). The summed E-state index contributed by atoms with van der Waals surface area (Å²) >= 11 is 0. The Morgan fingerprint density at radius 1 is 1.09 bits per heavy atom. The number of hydrogen-bond donors (Lipinski definition) is 0. The van der Waals surface area contributed by atoms with Gasteiger partial charge in [0.15, 0.2) is 0 Å². The van der Waals surface area contributed by atoms with Gasteiger partial charge in [0, 0.05) is 31.8 Å². The Hall–Kier alpha value is -3.33. The summed E-state index contributed by atoms with van der Waals surface area (Å²) in [6.07, 6.45) is 3.35. The molecule has 2 aromatic rings. The summed E-state index contributed by atoms with van der Waals surface area (Å²) in [7, 11) is 3.05. The fourth-order valence-electron chi connectivity index (χ4n) is 4.08. The van der Waals surface area contributed by atoms with E-state index in [0.717, 1.165) is 0 Å². The van der Waals surface area contributed by atoms with E-state index in [1.165, 1.54) is 7.11 Å². The van der Waals surface area contributed by atoms with Crippen molar-refractivity contribution in [2.45, 2.75) is 18.6 Å². The van der Waals surface area contributed by atoms with Crippen LogP contribution in [-0.4, -0.2) is 85.8 Å². The van der Waals surface area contributed by atoms with Gasteiger partial charge in [0.1, 0.15) is 29.4 Å². The molecule has 2 aliphatic heterocycles. The minimum atomic E-state index is -0.630. The summed E-state index contributed by atoms with van der Waals surface area (Å²) in [4.78, 5) is 34.3. The lowest BCUT2D eigenvalue weighted by Gasteiger charge is -2.32. The van der Waals surface area contributed by atoms with Crippen LogP contribution in [0.1, 0.15) is 16.8 Å². The molecule has 2 aliphatic rings. The van der Waals surface area contributed by atoms with E-state index in [-0.39, 0.29) is 24.5 Å². The van der Waals surface area contributed by atoms with Crippen LogP contribution < -0.4 is 14.2 Å². The number of carbonyl (C=O) groups is 2. The number of amides is 2. The molecule has 0 N–H and O–H groups in total. The van der Waals surface area contributed by atoms with Gasteiger partial charge in [-0.05, 0) is 24.3 Å². The van der Waals surface area contributed by atoms with Gasteiger partial charge in [-0.2, -0.15) is 0 Å². The number of hydrogen-bond acceptors (Lipinski definition) is 7. The van der Waals surface area contributed by atoms with Crippen molar-refractivity contribution in [1.82, 2.24) is 14.8 Å². The maximum absolute atomic E-state index is 13.6.